The lowest BCUT2D eigenvalue weighted by atomic mass is 9.99. The number of guanidine groups is 1. The lowest BCUT2D eigenvalue weighted by Gasteiger charge is -2.17. The molecular weight excluding hydrogens is 527 g/mol. The van der Waals surface area contributed by atoms with Gasteiger partial charge in [-0.05, 0) is 35.2 Å². The number of methoxy groups -OCH3 is 1. The Balaban J connectivity index is 1.69. The van der Waals surface area contributed by atoms with E-state index in [-0.39, 0.29) is 18.4 Å². The van der Waals surface area contributed by atoms with Crippen molar-refractivity contribution in [2.75, 3.05) is 47.0 Å². The van der Waals surface area contributed by atoms with Gasteiger partial charge in [0.15, 0.2) is 5.96 Å². The van der Waals surface area contributed by atoms with Gasteiger partial charge < -0.3 is 25.0 Å². The summed E-state index contributed by atoms with van der Waals surface area (Å²) in [5.41, 5.74) is 9.19. The van der Waals surface area contributed by atoms with Crippen LogP contribution >= 0.6 is 0 Å². The second-order valence-corrected chi connectivity index (χ2v) is 9.53. The monoisotopic (exact) mass is 563 g/mol. The largest absolute Gasteiger partial charge is 0.493 e. The number of hydrogen-bond donors (Lipinski definition) is 2. The maximum Gasteiger partial charge on any atom is 0.390 e. The van der Waals surface area contributed by atoms with E-state index in [2.05, 4.69) is 10.3 Å². The van der Waals surface area contributed by atoms with Crippen LogP contribution in [0.1, 0.15) is 30.4 Å². The van der Waals surface area contributed by atoms with E-state index in [0.717, 1.165) is 22.3 Å². The Morgan fingerprint density at radius 2 is 1.93 bits per heavy atom. The molecule has 1 saturated heterocycles. The minimum atomic E-state index is -4.34. The fourth-order valence-electron chi connectivity index (χ4n) is 4.18. The van der Waals surface area contributed by atoms with Crippen LogP contribution < -0.4 is 15.8 Å². The fourth-order valence-corrected chi connectivity index (χ4v) is 4.18. The van der Waals surface area contributed by atoms with Crippen LogP contribution in [-0.2, 0) is 22.5 Å². The van der Waals surface area contributed by atoms with Crippen LogP contribution in [0.25, 0.3) is 11.1 Å². The lowest BCUT2D eigenvalue weighted by Crippen LogP contribution is -2.37. The van der Waals surface area contributed by atoms with Gasteiger partial charge >= 0.3 is 12.2 Å². The highest BCUT2D eigenvalue weighted by Crippen LogP contribution is 2.32. The second kappa shape index (κ2) is 14.5. The molecule has 1 heterocycles. The van der Waals surface area contributed by atoms with Crippen molar-refractivity contribution in [1.29, 1.82) is 0 Å². The number of aryl methyl sites for hydroxylation is 1. The van der Waals surface area contributed by atoms with Crippen molar-refractivity contribution in [3.05, 3.63) is 53.6 Å². The number of amides is 3. The molecule has 1 fully saturated rings. The average molecular weight is 564 g/mol. The summed E-state index contributed by atoms with van der Waals surface area (Å²) < 4.78 is 48.0. The van der Waals surface area contributed by atoms with E-state index >= 15 is 0 Å². The Labute approximate surface area is 232 Å². The van der Waals surface area contributed by atoms with E-state index in [1.807, 2.05) is 47.4 Å². The minimum Gasteiger partial charge on any atom is -0.493 e. The number of alkyl halides is 3. The van der Waals surface area contributed by atoms with Crippen molar-refractivity contribution < 1.29 is 32.2 Å². The van der Waals surface area contributed by atoms with Crippen molar-refractivity contribution >= 4 is 17.9 Å². The number of aliphatic imine (C=N–C) groups is 1. The van der Waals surface area contributed by atoms with Crippen LogP contribution in [0.15, 0.2) is 47.5 Å². The van der Waals surface area contributed by atoms with Crippen LogP contribution in [0.5, 0.6) is 5.75 Å². The number of rotatable bonds is 13. The fraction of sp³-hybridized carbons (Fsp3) is 0.464. The molecule has 1 aliphatic rings. The molecule has 2 aromatic rings. The van der Waals surface area contributed by atoms with E-state index in [0.29, 0.717) is 51.4 Å². The smallest absolute Gasteiger partial charge is 0.390 e. The zero-order chi connectivity index (χ0) is 29.1. The second-order valence-electron chi connectivity index (χ2n) is 9.53. The molecule has 0 saturated carbocycles. The average Bonchev–Trinajstić information content (AvgIpc) is 3.21. The van der Waals surface area contributed by atoms with Crippen LogP contribution in [0.2, 0.25) is 0 Å². The summed E-state index contributed by atoms with van der Waals surface area (Å²) >= 11 is 0. The summed E-state index contributed by atoms with van der Waals surface area (Å²) in [4.78, 5) is 31.6. The molecule has 3 N–H and O–H groups in total. The number of nitrogens with zero attached hydrogens (tertiary/aromatic N) is 3. The summed E-state index contributed by atoms with van der Waals surface area (Å²) in [7, 11) is 3.41. The van der Waals surface area contributed by atoms with E-state index in [1.165, 1.54) is 0 Å². The highest BCUT2D eigenvalue weighted by atomic mass is 19.4. The summed E-state index contributed by atoms with van der Waals surface area (Å²) in [6, 6.07) is 13.7. The molecular formula is C28H36F3N5O4. The Hall–Kier alpha value is -3.80. The number of nitrogens with one attached hydrogen (secondary N) is 1. The summed E-state index contributed by atoms with van der Waals surface area (Å²) in [5, 5.41) is 2.32. The number of likely N-dealkylation sites (N-methyl/N-ethyl adjacent to an activating group) is 1. The summed E-state index contributed by atoms with van der Waals surface area (Å²) in [6.07, 6.45) is -4.33. The van der Waals surface area contributed by atoms with Crippen LogP contribution in [0, 0.1) is 0 Å². The molecule has 1 aliphatic heterocycles. The van der Waals surface area contributed by atoms with Crippen molar-refractivity contribution in [2.24, 2.45) is 10.7 Å². The normalized spacial score (nSPS) is 14.1. The molecule has 2 aromatic carbocycles. The summed E-state index contributed by atoms with van der Waals surface area (Å²) in [5.74, 6) is -0.139. The van der Waals surface area contributed by atoms with Crippen LogP contribution in [-0.4, -0.2) is 80.9 Å². The maximum atomic E-state index is 12.3. The molecule has 3 rings (SSSR count). The molecule has 0 aromatic heterocycles. The van der Waals surface area contributed by atoms with Gasteiger partial charge in [-0.2, -0.15) is 13.2 Å². The first-order valence-electron chi connectivity index (χ1n) is 13.1. The molecule has 9 nitrogen and oxygen atoms in total. The quantitative estimate of drug-likeness (QED) is 0.218. The highest BCUT2D eigenvalue weighted by Gasteiger charge is 2.26. The first kappa shape index (κ1) is 30.7. The van der Waals surface area contributed by atoms with Gasteiger partial charge in [-0.15, -0.1) is 0 Å². The number of carbonyl (C=O) groups is 2. The molecule has 0 bridgehead atoms. The Morgan fingerprint density at radius 1 is 1.12 bits per heavy atom. The number of ether oxygens (including phenoxy) is 2. The molecule has 3 amide bonds. The van der Waals surface area contributed by atoms with E-state index in [9.17, 15) is 22.8 Å². The standard InChI is InChI=1S/C28H36F3N5O4/c1-35-13-14-36(27(35)38)19-21-5-3-6-22(17-21)23-9-7-20(18-24(23)40-16-4-15-39-2)8-10-25(37)34-26(32)33-12-11-28(29,30)31/h3,5-7,9,17-18H,4,8,10-16,19H2,1-2H3,(H3,32,33,34,37). The SMILES string of the molecule is COCCCOc1cc(CCC(=O)NC(N)=NCCC(F)(F)F)ccc1-c1cccc(CN2CCN(C)C2=O)c1. The molecule has 0 unspecified atom stereocenters. The van der Waals surface area contributed by atoms with E-state index in [1.54, 1.807) is 19.1 Å². The van der Waals surface area contributed by atoms with E-state index < -0.39 is 25.0 Å². The van der Waals surface area contributed by atoms with E-state index in [4.69, 9.17) is 15.2 Å². The van der Waals surface area contributed by atoms with Gasteiger partial charge in [-0.25, -0.2) is 4.79 Å². The van der Waals surface area contributed by atoms with Crippen molar-refractivity contribution in [2.45, 2.75) is 38.4 Å². The highest BCUT2D eigenvalue weighted by molar-refractivity contribution is 5.96. The lowest BCUT2D eigenvalue weighted by molar-refractivity contribution is -0.132. The van der Waals surface area contributed by atoms with Crippen LogP contribution in [0.3, 0.4) is 0 Å². The van der Waals surface area contributed by atoms with Crippen molar-refractivity contribution in [3.8, 4) is 16.9 Å². The maximum absolute atomic E-state index is 12.3. The molecule has 0 radical (unpaired) electrons. The van der Waals surface area contributed by atoms with Gasteiger partial charge in [-0.1, -0.05) is 30.3 Å². The molecule has 40 heavy (non-hydrogen) atoms. The number of urea groups is 1. The predicted molar refractivity (Wildman–Crippen MR) is 146 cm³/mol. The van der Waals surface area contributed by atoms with Crippen molar-refractivity contribution in [3.63, 3.8) is 0 Å². The van der Waals surface area contributed by atoms with Gasteiger partial charge in [0.25, 0.3) is 0 Å². The minimum absolute atomic E-state index is 0.00953. The van der Waals surface area contributed by atoms with Gasteiger partial charge in [0, 0.05) is 58.8 Å². The molecule has 0 aliphatic carbocycles. The first-order valence-corrected chi connectivity index (χ1v) is 13.1. The van der Waals surface area contributed by atoms with Gasteiger partial charge in [0.1, 0.15) is 5.75 Å². The Morgan fingerprint density at radius 3 is 2.62 bits per heavy atom. The predicted octanol–water partition coefficient (Wildman–Crippen LogP) is 3.95. The van der Waals surface area contributed by atoms with Crippen LogP contribution in [0.4, 0.5) is 18.0 Å². The zero-order valence-electron chi connectivity index (χ0n) is 22.8. The molecule has 218 valence electrons. The van der Waals surface area contributed by atoms with Gasteiger partial charge in [0.05, 0.1) is 19.6 Å². The molecule has 12 heteroatoms. The third-order valence-corrected chi connectivity index (χ3v) is 6.30. The number of carbonyl (C=O) groups excluding carboxylic acids is 2. The topological polar surface area (TPSA) is 109 Å². The molecule has 0 atom stereocenters. The number of benzene rings is 2. The first-order chi connectivity index (χ1) is 19.1. The third kappa shape index (κ3) is 9.74. The summed E-state index contributed by atoms with van der Waals surface area (Å²) in [6.45, 7) is 2.33. The molecule has 0 spiro atoms. The van der Waals surface area contributed by atoms with Gasteiger partial charge in [-0.3, -0.25) is 15.1 Å². The van der Waals surface area contributed by atoms with Gasteiger partial charge in [0.2, 0.25) is 5.91 Å². The number of hydrogen-bond acceptors (Lipinski definition) is 5. The van der Waals surface area contributed by atoms with Crippen molar-refractivity contribution in [1.82, 2.24) is 15.1 Å². The number of nitrogens with two attached hydrogens (primary N) is 1. The Kier molecular flexibility index (Phi) is 11.2. The number of halogens is 3. The third-order valence-electron chi connectivity index (χ3n) is 6.30. The Bertz CT molecular complexity index is 1190. The zero-order valence-corrected chi connectivity index (χ0v) is 22.8.